The average Bonchev–Trinajstić information content (AvgIpc) is 3.32. The van der Waals surface area contributed by atoms with E-state index in [0.717, 1.165) is 16.1 Å². The molecule has 9 nitrogen and oxygen atoms in total. The van der Waals surface area contributed by atoms with Crippen molar-refractivity contribution in [3.63, 3.8) is 0 Å². The van der Waals surface area contributed by atoms with Crippen molar-refractivity contribution in [1.82, 2.24) is 10.6 Å². The van der Waals surface area contributed by atoms with Gasteiger partial charge in [-0.05, 0) is 61.4 Å². The summed E-state index contributed by atoms with van der Waals surface area (Å²) in [6, 6.07) is 17.8. The minimum atomic E-state index is -3.88. The van der Waals surface area contributed by atoms with Crippen LogP contribution in [0.3, 0.4) is 0 Å². The van der Waals surface area contributed by atoms with E-state index in [4.69, 9.17) is 4.42 Å². The molecule has 1 aromatic heterocycles. The monoisotopic (exact) mass is 593 g/mol. The fourth-order valence-corrected chi connectivity index (χ4v) is 5.58. The highest BCUT2D eigenvalue weighted by Crippen LogP contribution is 2.38. The molecule has 0 fully saturated rings. The maximum absolute atomic E-state index is 13.6. The molecule has 3 N–H and O–H groups in total. The molecule has 0 atom stereocenters. The summed E-state index contributed by atoms with van der Waals surface area (Å²) in [6.07, 6.45) is 3.71. The largest absolute Gasteiger partial charge is 0.455 e. The van der Waals surface area contributed by atoms with Crippen molar-refractivity contribution < 1.29 is 31.9 Å². The van der Waals surface area contributed by atoms with Crippen molar-refractivity contribution in [2.75, 3.05) is 30.8 Å². The van der Waals surface area contributed by atoms with Crippen molar-refractivity contribution in [2.24, 2.45) is 0 Å². The number of hydrogen-bond acceptors (Lipinski definition) is 6. The van der Waals surface area contributed by atoms with Crippen LogP contribution in [0.15, 0.2) is 77.2 Å². The molecule has 0 aliphatic rings. The second-order valence-electron chi connectivity index (χ2n) is 10.2. The quantitative estimate of drug-likeness (QED) is 0.234. The lowest BCUT2D eigenvalue weighted by Gasteiger charge is -2.26. The molecule has 0 aliphatic carbocycles. The Morgan fingerprint density at radius 2 is 1.74 bits per heavy atom. The van der Waals surface area contributed by atoms with E-state index in [9.17, 15) is 27.5 Å². The first kappa shape index (κ1) is 30.5. The molecular formula is C31H32FN3O6S. The molecule has 4 aromatic rings. The Morgan fingerprint density at radius 1 is 1.07 bits per heavy atom. The molecule has 1 heterocycles. The lowest BCUT2D eigenvalue weighted by molar-refractivity contribution is -0.118. The fourth-order valence-electron chi connectivity index (χ4n) is 4.65. The van der Waals surface area contributed by atoms with Gasteiger partial charge in [0.25, 0.3) is 5.91 Å². The Kier molecular flexibility index (Phi) is 8.83. The molecular weight excluding hydrogens is 561 g/mol. The van der Waals surface area contributed by atoms with Crippen LogP contribution in [0.25, 0.3) is 28.4 Å². The predicted molar refractivity (Wildman–Crippen MR) is 161 cm³/mol. The zero-order valence-electron chi connectivity index (χ0n) is 23.6. The first-order valence-corrected chi connectivity index (χ1v) is 14.9. The lowest BCUT2D eigenvalue weighted by Crippen LogP contribution is -2.40. The average molecular weight is 594 g/mol. The Morgan fingerprint density at radius 3 is 2.33 bits per heavy atom. The highest BCUT2D eigenvalue weighted by atomic mass is 32.2. The number of rotatable bonds is 10. The van der Waals surface area contributed by atoms with Crippen LogP contribution >= 0.6 is 0 Å². The first-order valence-electron chi connectivity index (χ1n) is 13.1. The molecule has 3 aromatic carbocycles. The summed E-state index contributed by atoms with van der Waals surface area (Å²) in [6.45, 7) is 2.99. The van der Waals surface area contributed by atoms with Crippen LogP contribution in [0.2, 0.25) is 0 Å². The van der Waals surface area contributed by atoms with E-state index in [1.54, 1.807) is 6.07 Å². The number of furan rings is 1. The third-order valence-electron chi connectivity index (χ3n) is 6.72. The molecule has 0 unspecified atom stereocenters. The Bertz CT molecular complexity index is 1750. The number of carbonyl (C=O) groups excluding carboxylic acids is 2. The Labute approximate surface area is 243 Å². The number of fused-ring (bicyclic) bond motifs is 1. The van der Waals surface area contributed by atoms with E-state index in [1.807, 2.05) is 44.2 Å². The predicted octanol–water partition coefficient (Wildman–Crippen LogP) is 4.42. The normalized spacial score (nSPS) is 12.0. The van der Waals surface area contributed by atoms with Crippen LogP contribution in [-0.2, 0) is 20.4 Å². The molecule has 0 radical (unpaired) electrons. The van der Waals surface area contributed by atoms with E-state index >= 15 is 0 Å². The summed E-state index contributed by atoms with van der Waals surface area (Å²) in [7, 11) is -2.43. The number of aliphatic hydroxyl groups is 1. The van der Waals surface area contributed by atoms with Crippen molar-refractivity contribution >= 4 is 44.6 Å². The van der Waals surface area contributed by atoms with Crippen molar-refractivity contribution in [1.29, 1.82) is 0 Å². The van der Waals surface area contributed by atoms with Gasteiger partial charge in [0.1, 0.15) is 17.2 Å². The molecule has 42 heavy (non-hydrogen) atoms. The van der Waals surface area contributed by atoms with Gasteiger partial charge in [-0.25, -0.2) is 12.8 Å². The molecule has 0 saturated carbocycles. The molecule has 0 spiro atoms. The molecule has 0 aliphatic heterocycles. The van der Waals surface area contributed by atoms with E-state index in [2.05, 4.69) is 10.6 Å². The lowest BCUT2D eigenvalue weighted by atomic mass is 9.94. The number of anilines is 1. The minimum absolute atomic E-state index is 0.133. The number of carbonyl (C=O) groups is 2. The Hall–Kier alpha value is -4.48. The van der Waals surface area contributed by atoms with Crippen molar-refractivity contribution in [2.45, 2.75) is 19.4 Å². The van der Waals surface area contributed by atoms with Crippen LogP contribution in [-0.4, -0.2) is 51.8 Å². The SMILES string of the molecule is CNC(=O)c1c(-c2ccc(F)cc2)oc2cc(N(CCO)S(C)(=O)=O)c(C=CC(=O)NC(C)(C)c3ccccc3)cc12. The number of nitrogens with one attached hydrogen (secondary N) is 2. The highest BCUT2D eigenvalue weighted by Gasteiger charge is 2.27. The topological polar surface area (TPSA) is 129 Å². The Balaban J connectivity index is 1.88. The molecule has 0 bridgehead atoms. The minimum Gasteiger partial charge on any atom is -0.455 e. The van der Waals surface area contributed by atoms with Gasteiger partial charge in [-0.15, -0.1) is 0 Å². The maximum atomic E-state index is 13.6. The van der Waals surface area contributed by atoms with Gasteiger partial charge in [0.15, 0.2) is 0 Å². The van der Waals surface area contributed by atoms with Crippen LogP contribution in [0, 0.1) is 5.82 Å². The van der Waals surface area contributed by atoms with E-state index in [1.165, 1.54) is 49.5 Å². The van der Waals surface area contributed by atoms with Gasteiger partial charge in [-0.2, -0.15) is 0 Å². The van der Waals surface area contributed by atoms with E-state index in [-0.39, 0.29) is 34.7 Å². The standard InChI is InChI=1S/C31H32FN3O6S/c1-31(2,22-8-6-5-7-9-22)34-27(37)15-12-21-18-24-26(19-25(21)35(16-17-36)42(4,39)40)41-29(28(24)30(38)33-3)20-10-13-23(32)14-11-20/h5-15,18-19,36H,16-17H2,1-4H3,(H,33,38)(H,34,37). The van der Waals surface area contributed by atoms with Gasteiger partial charge in [-0.1, -0.05) is 30.3 Å². The number of amides is 2. The van der Waals surface area contributed by atoms with Crippen LogP contribution < -0.4 is 14.9 Å². The number of aliphatic hydroxyl groups excluding tert-OH is 1. The van der Waals surface area contributed by atoms with Gasteiger partial charge in [0, 0.05) is 30.1 Å². The third kappa shape index (κ3) is 6.53. The van der Waals surface area contributed by atoms with Crippen molar-refractivity contribution in [3.05, 3.63) is 95.3 Å². The molecule has 0 saturated heterocycles. The number of benzene rings is 3. The van der Waals surface area contributed by atoms with E-state index < -0.39 is 39.8 Å². The van der Waals surface area contributed by atoms with Gasteiger partial charge in [0.05, 0.1) is 36.2 Å². The number of hydrogen-bond donors (Lipinski definition) is 3. The smallest absolute Gasteiger partial charge is 0.255 e. The van der Waals surface area contributed by atoms with Gasteiger partial charge < -0.3 is 20.2 Å². The summed E-state index contributed by atoms with van der Waals surface area (Å²) in [5.41, 5.74) is 1.37. The number of nitrogens with zero attached hydrogens (tertiary/aromatic N) is 1. The van der Waals surface area contributed by atoms with Crippen LogP contribution in [0.5, 0.6) is 0 Å². The van der Waals surface area contributed by atoms with Gasteiger partial charge in [-0.3, -0.25) is 13.9 Å². The van der Waals surface area contributed by atoms with Crippen molar-refractivity contribution in [3.8, 4) is 11.3 Å². The molecule has 220 valence electrons. The second kappa shape index (κ2) is 12.2. The zero-order valence-corrected chi connectivity index (χ0v) is 24.5. The van der Waals surface area contributed by atoms with Gasteiger partial charge >= 0.3 is 0 Å². The summed E-state index contributed by atoms with van der Waals surface area (Å²) in [4.78, 5) is 26.1. The first-order chi connectivity index (χ1) is 19.9. The van der Waals surface area contributed by atoms with Crippen LogP contribution in [0.4, 0.5) is 10.1 Å². The van der Waals surface area contributed by atoms with E-state index in [0.29, 0.717) is 10.9 Å². The second-order valence-corrected chi connectivity index (χ2v) is 12.1. The summed E-state index contributed by atoms with van der Waals surface area (Å²) < 4.78 is 46.2. The third-order valence-corrected chi connectivity index (χ3v) is 7.90. The maximum Gasteiger partial charge on any atom is 0.255 e. The van der Waals surface area contributed by atoms with Crippen LogP contribution in [0.1, 0.15) is 35.3 Å². The van der Waals surface area contributed by atoms with Gasteiger partial charge in [0.2, 0.25) is 15.9 Å². The number of sulfonamides is 1. The summed E-state index contributed by atoms with van der Waals surface area (Å²) in [5.74, 6) is -1.22. The molecule has 2 amide bonds. The summed E-state index contributed by atoms with van der Waals surface area (Å²) in [5, 5.41) is 15.5. The zero-order chi connectivity index (χ0) is 30.7. The highest BCUT2D eigenvalue weighted by molar-refractivity contribution is 7.92. The molecule has 11 heteroatoms. The summed E-state index contributed by atoms with van der Waals surface area (Å²) >= 11 is 0. The fraction of sp³-hybridized carbons (Fsp3) is 0.226. The molecule has 4 rings (SSSR count). The number of halogens is 1.